The molecule has 0 bridgehead atoms. The first-order valence-electron chi connectivity index (χ1n) is 7.22. The second-order valence-electron chi connectivity index (χ2n) is 6.25. The zero-order chi connectivity index (χ0) is 13.2. The molecule has 2 fully saturated rings. The minimum absolute atomic E-state index is 0.107. The fraction of sp³-hybridized carbons (Fsp3) is 0.929. The molecule has 4 nitrogen and oxygen atoms in total. The minimum atomic E-state index is -0.107. The lowest BCUT2D eigenvalue weighted by Gasteiger charge is -2.37. The van der Waals surface area contributed by atoms with Crippen LogP contribution in [0.1, 0.15) is 32.6 Å². The number of fused-ring (bicyclic) bond motifs is 1. The van der Waals surface area contributed by atoms with Crippen LogP contribution in [0.3, 0.4) is 0 Å². The summed E-state index contributed by atoms with van der Waals surface area (Å²) in [5.41, 5.74) is -0.107. The summed E-state index contributed by atoms with van der Waals surface area (Å²) in [6, 6.07) is 0.391. The monoisotopic (exact) mass is 253 g/mol. The third-order valence-corrected chi connectivity index (χ3v) is 4.93. The van der Waals surface area contributed by atoms with Crippen molar-refractivity contribution in [1.82, 2.24) is 15.5 Å². The largest absolute Gasteiger partial charge is 0.354 e. The predicted molar refractivity (Wildman–Crippen MR) is 73.4 cm³/mol. The molecule has 0 radical (unpaired) electrons. The maximum atomic E-state index is 12.6. The molecular formula is C14H27N3O. The van der Waals surface area contributed by atoms with Crippen LogP contribution in [0.25, 0.3) is 0 Å². The molecule has 0 spiro atoms. The molecule has 0 aromatic heterocycles. The number of amides is 1. The predicted octanol–water partition coefficient (Wildman–Crippen LogP) is 0.833. The van der Waals surface area contributed by atoms with Gasteiger partial charge in [0.05, 0.1) is 5.41 Å². The number of hydrogen-bond donors (Lipinski definition) is 2. The number of carbonyl (C=O) groups excluding carboxylic acids is 1. The third kappa shape index (κ3) is 2.54. The Labute approximate surface area is 110 Å². The molecule has 2 aliphatic rings. The molecule has 1 aliphatic heterocycles. The number of likely N-dealkylation sites (N-methyl/N-ethyl adjacent to an activating group) is 1. The van der Waals surface area contributed by atoms with Gasteiger partial charge in [-0.3, -0.25) is 4.79 Å². The van der Waals surface area contributed by atoms with E-state index < -0.39 is 0 Å². The average Bonchev–Trinajstić information content (AvgIpc) is 2.80. The summed E-state index contributed by atoms with van der Waals surface area (Å²) in [5.74, 6) is 0.840. The summed E-state index contributed by atoms with van der Waals surface area (Å²) < 4.78 is 0. The summed E-state index contributed by atoms with van der Waals surface area (Å²) in [6.45, 7) is 4.79. The van der Waals surface area contributed by atoms with Gasteiger partial charge in [-0.05, 0) is 46.3 Å². The van der Waals surface area contributed by atoms with Gasteiger partial charge in [-0.15, -0.1) is 0 Å². The van der Waals surface area contributed by atoms with Crippen LogP contribution in [-0.2, 0) is 4.79 Å². The molecule has 1 saturated heterocycles. The van der Waals surface area contributed by atoms with Crippen LogP contribution >= 0.6 is 0 Å². The molecule has 1 heterocycles. The molecule has 4 heteroatoms. The first kappa shape index (κ1) is 13.8. The summed E-state index contributed by atoms with van der Waals surface area (Å²) in [4.78, 5) is 14.7. The minimum Gasteiger partial charge on any atom is -0.354 e. The molecule has 0 aromatic carbocycles. The van der Waals surface area contributed by atoms with Gasteiger partial charge in [0.25, 0.3) is 0 Å². The Balaban J connectivity index is 1.94. The quantitative estimate of drug-likeness (QED) is 0.780. The second-order valence-corrected chi connectivity index (χ2v) is 6.25. The highest BCUT2D eigenvalue weighted by Gasteiger charge is 2.49. The third-order valence-electron chi connectivity index (χ3n) is 4.93. The van der Waals surface area contributed by atoms with E-state index in [0.717, 1.165) is 26.1 Å². The van der Waals surface area contributed by atoms with Gasteiger partial charge in [-0.1, -0.05) is 12.8 Å². The van der Waals surface area contributed by atoms with Gasteiger partial charge in [0.2, 0.25) is 5.91 Å². The molecule has 104 valence electrons. The number of rotatable bonds is 4. The Bertz CT molecular complexity index is 305. The van der Waals surface area contributed by atoms with Gasteiger partial charge in [0, 0.05) is 19.1 Å². The Morgan fingerprint density at radius 3 is 3.00 bits per heavy atom. The van der Waals surface area contributed by atoms with E-state index in [-0.39, 0.29) is 11.3 Å². The van der Waals surface area contributed by atoms with Crippen molar-refractivity contribution in [2.75, 3.05) is 33.7 Å². The van der Waals surface area contributed by atoms with Crippen molar-refractivity contribution >= 4 is 5.91 Å². The zero-order valence-corrected chi connectivity index (χ0v) is 12.0. The lowest BCUT2D eigenvalue weighted by Crippen LogP contribution is -2.50. The summed E-state index contributed by atoms with van der Waals surface area (Å²) in [5, 5.41) is 6.60. The highest BCUT2D eigenvalue weighted by molar-refractivity contribution is 5.83. The number of hydrogen-bond acceptors (Lipinski definition) is 3. The van der Waals surface area contributed by atoms with Crippen LogP contribution in [-0.4, -0.2) is 50.6 Å². The van der Waals surface area contributed by atoms with Crippen molar-refractivity contribution in [2.24, 2.45) is 11.3 Å². The average molecular weight is 253 g/mol. The Hall–Kier alpha value is -0.610. The molecule has 2 N–H and O–H groups in total. The van der Waals surface area contributed by atoms with Gasteiger partial charge in [-0.25, -0.2) is 0 Å². The van der Waals surface area contributed by atoms with Crippen LogP contribution in [0.4, 0.5) is 0 Å². The van der Waals surface area contributed by atoms with E-state index in [0.29, 0.717) is 12.0 Å². The van der Waals surface area contributed by atoms with Crippen LogP contribution < -0.4 is 10.6 Å². The first-order valence-corrected chi connectivity index (χ1v) is 7.22. The Morgan fingerprint density at radius 2 is 2.28 bits per heavy atom. The van der Waals surface area contributed by atoms with Gasteiger partial charge in [-0.2, -0.15) is 0 Å². The van der Waals surface area contributed by atoms with Crippen LogP contribution in [0.15, 0.2) is 0 Å². The Morgan fingerprint density at radius 1 is 1.50 bits per heavy atom. The normalized spacial score (nSPS) is 33.2. The van der Waals surface area contributed by atoms with Gasteiger partial charge in [0.15, 0.2) is 0 Å². The lowest BCUT2D eigenvalue weighted by atomic mass is 9.67. The van der Waals surface area contributed by atoms with Crippen molar-refractivity contribution in [2.45, 2.75) is 38.6 Å². The molecule has 1 saturated carbocycles. The van der Waals surface area contributed by atoms with E-state index in [2.05, 4.69) is 36.6 Å². The Kier molecular flexibility index (Phi) is 4.28. The van der Waals surface area contributed by atoms with Gasteiger partial charge < -0.3 is 15.5 Å². The number of carbonyl (C=O) groups is 1. The van der Waals surface area contributed by atoms with E-state index >= 15 is 0 Å². The molecule has 3 atom stereocenters. The SMILES string of the molecule is CC(CNC(=O)[C@@]12CCCC[C@H]1CNC2)N(C)C. The topological polar surface area (TPSA) is 44.4 Å². The maximum absolute atomic E-state index is 12.6. The molecule has 1 aliphatic carbocycles. The summed E-state index contributed by atoms with van der Waals surface area (Å²) >= 11 is 0. The van der Waals surface area contributed by atoms with Crippen molar-refractivity contribution < 1.29 is 4.79 Å². The van der Waals surface area contributed by atoms with E-state index in [1.165, 1.54) is 19.3 Å². The first-order chi connectivity index (χ1) is 8.56. The smallest absolute Gasteiger partial charge is 0.227 e. The van der Waals surface area contributed by atoms with Gasteiger partial charge >= 0.3 is 0 Å². The second kappa shape index (κ2) is 5.57. The maximum Gasteiger partial charge on any atom is 0.227 e. The molecule has 1 amide bonds. The van der Waals surface area contributed by atoms with E-state index in [1.807, 2.05) is 0 Å². The molecule has 18 heavy (non-hydrogen) atoms. The number of nitrogens with zero attached hydrogens (tertiary/aromatic N) is 1. The zero-order valence-electron chi connectivity index (χ0n) is 12.0. The van der Waals surface area contributed by atoms with Crippen molar-refractivity contribution in [3.63, 3.8) is 0 Å². The molecule has 0 aromatic rings. The van der Waals surface area contributed by atoms with E-state index in [4.69, 9.17) is 0 Å². The summed E-state index contributed by atoms with van der Waals surface area (Å²) in [6.07, 6.45) is 4.76. The lowest BCUT2D eigenvalue weighted by molar-refractivity contribution is -0.134. The van der Waals surface area contributed by atoms with Crippen LogP contribution in [0.2, 0.25) is 0 Å². The standard InChI is InChI=1S/C14H27N3O/c1-11(17(2)3)8-16-13(18)14-7-5-4-6-12(14)9-15-10-14/h11-12,15H,4-10H2,1-3H3,(H,16,18)/t11?,12-,14+/m0/s1. The number of nitrogens with one attached hydrogen (secondary N) is 2. The fourth-order valence-electron chi connectivity index (χ4n) is 3.29. The van der Waals surface area contributed by atoms with Crippen LogP contribution in [0, 0.1) is 11.3 Å². The molecule has 2 rings (SSSR count). The highest BCUT2D eigenvalue weighted by atomic mass is 16.2. The van der Waals surface area contributed by atoms with Crippen molar-refractivity contribution in [1.29, 1.82) is 0 Å². The highest BCUT2D eigenvalue weighted by Crippen LogP contribution is 2.43. The van der Waals surface area contributed by atoms with Crippen molar-refractivity contribution in [3.05, 3.63) is 0 Å². The fourth-order valence-corrected chi connectivity index (χ4v) is 3.29. The molecular weight excluding hydrogens is 226 g/mol. The summed E-state index contributed by atoms with van der Waals surface area (Å²) in [7, 11) is 4.10. The van der Waals surface area contributed by atoms with E-state index in [9.17, 15) is 4.79 Å². The van der Waals surface area contributed by atoms with Crippen molar-refractivity contribution in [3.8, 4) is 0 Å². The molecule has 1 unspecified atom stereocenters. The van der Waals surface area contributed by atoms with Gasteiger partial charge in [0.1, 0.15) is 0 Å². The van der Waals surface area contributed by atoms with E-state index in [1.54, 1.807) is 0 Å². The van der Waals surface area contributed by atoms with Crippen LogP contribution in [0.5, 0.6) is 0 Å².